The number of aliphatic hydroxyl groups excluding tert-OH is 1. The van der Waals surface area contributed by atoms with Crippen LogP contribution >= 0.6 is 0 Å². The summed E-state index contributed by atoms with van der Waals surface area (Å²) in [4.78, 5) is 2.54. The molecule has 4 nitrogen and oxygen atoms in total. The summed E-state index contributed by atoms with van der Waals surface area (Å²) in [5.74, 6) is 2.53. The summed E-state index contributed by atoms with van der Waals surface area (Å²) in [5, 5.41) is 7.00. The summed E-state index contributed by atoms with van der Waals surface area (Å²) in [6.07, 6.45) is 3.79. The van der Waals surface area contributed by atoms with Crippen LogP contribution in [0.15, 0.2) is 78.9 Å². The predicted molar refractivity (Wildman–Crippen MR) is 133 cm³/mol. The topological polar surface area (TPSA) is 41.9 Å². The van der Waals surface area contributed by atoms with Gasteiger partial charge >= 0.3 is 0 Å². The van der Waals surface area contributed by atoms with E-state index in [1.807, 2.05) is 0 Å². The van der Waals surface area contributed by atoms with Crippen molar-refractivity contribution < 1.29 is 14.6 Å². The van der Waals surface area contributed by atoms with Crippen molar-refractivity contribution in [2.75, 3.05) is 40.0 Å². The van der Waals surface area contributed by atoms with Crippen LogP contribution in [-0.4, -0.2) is 50.0 Å². The summed E-state index contributed by atoms with van der Waals surface area (Å²) < 4.78 is 12.2. The molecule has 2 unspecified atom stereocenters. The summed E-state index contributed by atoms with van der Waals surface area (Å²) >= 11 is 0. The molecule has 0 amide bonds. The van der Waals surface area contributed by atoms with Crippen molar-refractivity contribution >= 4 is 0 Å². The molecule has 33 heavy (non-hydrogen) atoms. The third-order valence-electron chi connectivity index (χ3n) is 6.63. The minimum absolute atomic E-state index is 0.275. The summed E-state index contributed by atoms with van der Waals surface area (Å²) in [6, 6.07) is 27.9. The summed E-state index contributed by atoms with van der Waals surface area (Å²) in [5.41, 5.74) is 3.90. The molecule has 1 saturated heterocycles. The normalized spacial score (nSPS) is 19.7. The molecule has 3 aromatic carbocycles. The van der Waals surface area contributed by atoms with Crippen LogP contribution in [0.2, 0.25) is 0 Å². The lowest BCUT2D eigenvalue weighted by Gasteiger charge is -2.34. The van der Waals surface area contributed by atoms with E-state index in [9.17, 15) is 0 Å². The quantitative estimate of drug-likeness (QED) is 0.490. The van der Waals surface area contributed by atoms with Crippen LogP contribution in [-0.2, 0) is 0 Å². The highest BCUT2D eigenvalue weighted by Crippen LogP contribution is 2.46. The second-order valence-electron chi connectivity index (χ2n) is 8.66. The fourth-order valence-corrected chi connectivity index (χ4v) is 5.02. The Labute approximate surface area is 197 Å². The lowest BCUT2D eigenvalue weighted by atomic mass is 9.76. The van der Waals surface area contributed by atoms with Gasteiger partial charge in [-0.25, -0.2) is 0 Å². The van der Waals surface area contributed by atoms with E-state index in [0.29, 0.717) is 12.5 Å². The van der Waals surface area contributed by atoms with E-state index in [-0.39, 0.29) is 5.92 Å². The van der Waals surface area contributed by atoms with Gasteiger partial charge in [-0.05, 0) is 61.7 Å². The number of fused-ring (bicyclic) bond motifs is 1. The number of likely N-dealkylation sites (tertiary alicyclic amines) is 1. The maximum absolute atomic E-state index is 7.00. The Morgan fingerprint density at radius 2 is 1.55 bits per heavy atom. The molecule has 4 heteroatoms. The van der Waals surface area contributed by atoms with Crippen LogP contribution in [0, 0.1) is 0 Å². The molecule has 2 heterocycles. The largest absolute Gasteiger partial charge is 0.494 e. The number of aliphatic hydroxyl groups is 1. The number of hydrogen-bond donors (Lipinski definition) is 1. The van der Waals surface area contributed by atoms with Crippen molar-refractivity contribution in [3.05, 3.63) is 95.6 Å². The number of ether oxygens (including phenoxy) is 2. The van der Waals surface area contributed by atoms with Crippen molar-refractivity contribution in [1.82, 2.24) is 4.90 Å². The standard InChI is InChI=1S/C28H31NO2.CH4O/c1-2-9-22(10-3-1)26-21-31-27-12-5-4-11-25(27)28(26)23-13-15-24(16-14-23)30-20-8-19-29-17-6-7-18-29;1-2/h1-5,9-16,26,28H,6-8,17-21H2;2H,1H3. The molecular formula is C29H35NO3. The van der Waals surface area contributed by atoms with Gasteiger partial charge in [-0.1, -0.05) is 60.7 Å². The Bertz CT molecular complexity index is 968. The van der Waals surface area contributed by atoms with E-state index in [4.69, 9.17) is 14.6 Å². The Morgan fingerprint density at radius 1 is 0.848 bits per heavy atom. The lowest BCUT2D eigenvalue weighted by Crippen LogP contribution is -2.25. The molecule has 0 saturated carbocycles. The van der Waals surface area contributed by atoms with Gasteiger partial charge in [0.2, 0.25) is 0 Å². The summed E-state index contributed by atoms with van der Waals surface area (Å²) in [6.45, 7) is 5.13. The molecule has 2 aliphatic rings. The average molecular weight is 446 g/mol. The number of nitrogens with zero attached hydrogens (tertiary/aromatic N) is 1. The second-order valence-corrected chi connectivity index (χ2v) is 8.66. The molecule has 1 N–H and O–H groups in total. The van der Waals surface area contributed by atoms with Crippen molar-refractivity contribution in [1.29, 1.82) is 0 Å². The third-order valence-corrected chi connectivity index (χ3v) is 6.63. The van der Waals surface area contributed by atoms with Crippen LogP contribution in [0.1, 0.15) is 47.8 Å². The van der Waals surface area contributed by atoms with Crippen molar-refractivity contribution in [2.24, 2.45) is 0 Å². The maximum Gasteiger partial charge on any atom is 0.123 e. The van der Waals surface area contributed by atoms with Gasteiger partial charge in [0, 0.05) is 31.1 Å². The Morgan fingerprint density at radius 3 is 2.30 bits per heavy atom. The second kappa shape index (κ2) is 11.9. The summed E-state index contributed by atoms with van der Waals surface area (Å²) in [7, 11) is 1.00. The zero-order chi connectivity index (χ0) is 22.9. The van der Waals surface area contributed by atoms with E-state index < -0.39 is 0 Å². The van der Waals surface area contributed by atoms with Crippen molar-refractivity contribution in [3.63, 3.8) is 0 Å². The van der Waals surface area contributed by atoms with E-state index in [1.54, 1.807) is 0 Å². The Kier molecular flexibility index (Phi) is 8.40. The molecule has 0 spiro atoms. The smallest absolute Gasteiger partial charge is 0.123 e. The average Bonchev–Trinajstić information content (AvgIpc) is 3.42. The first kappa shape index (κ1) is 23.3. The first-order chi connectivity index (χ1) is 16.4. The molecule has 1 fully saturated rings. The van der Waals surface area contributed by atoms with Crippen molar-refractivity contribution in [2.45, 2.75) is 31.1 Å². The zero-order valence-electron chi connectivity index (χ0n) is 19.5. The monoisotopic (exact) mass is 445 g/mol. The van der Waals surface area contributed by atoms with E-state index in [2.05, 4.69) is 83.8 Å². The Hall–Kier alpha value is -2.82. The highest BCUT2D eigenvalue weighted by Gasteiger charge is 2.33. The molecule has 0 aliphatic carbocycles. The first-order valence-corrected chi connectivity index (χ1v) is 12.0. The third kappa shape index (κ3) is 5.76. The minimum Gasteiger partial charge on any atom is -0.494 e. The number of para-hydroxylation sites is 1. The van der Waals surface area contributed by atoms with Crippen LogP contribution in [0.4, 0.5) is 0 Å². The van der Waals surface area contributed by atoms with Crippen LogP contribution in [0.5, 0.6) is 11.5 Å². The predicted octanol–water partition coefficient (Wildman–Crippen LogP) is 5.47. The molecule has 5 rings (SSSR count). The van der Waals surface area contributed by atoms with E-state index >= 15 is 0 Å². The van der Waals surface area contributed by atoms with Gasteiger partial charge in [0.05, 0.1) is 13.2 Å². The zero-order valence-corrected chi connectivity index (χ0v) is 19.5. The molecule has 174 valence electrons. The van der Waals surface area contributed by atoms with Gasteiger partial charge in [0.25, 0.3) is 0 Å². The number of benzene rings is 3. The van der Waals surface area contributed by atoms with Gasteiger partial charge in [0.1, 0.15) is 11.5 Å². The van der Waals surface area contributed by atoms with E-state index in [1.165, 1.54) is 42.6 Å². The van der Waals surface area contributed by atoms with Gasteiger partial charge in [0.15, 0.2) is 0 Å². The molecule has 2 atom stereocenters. The highest BCUT2D eigenvalue weighted by atomic mass is 16.5. The van der Waals surface area contributed by atoms with E-state index in [0.717, 1.165) is 38.2 Å². The first-order valence-electron chi connectivity index (χ1n) is 12.0. The Balaban J connectivity index is 0.00000126. The number of rotatable bonds is 7. The van der Waals surface area contributed by atoms with Crippen LogP contribution in [0.25, 0.3) is 0 Å². The molecule has 2 aliphatic heterocycles. The van der Waals surface area contributed by atoms with Crippen LogP contribution in [0.3, 0.4) is 0 Å². The molecule has 0 bridgehead atoms. The van der Waals surface area contributed by atoms with Gasteiger partial charge in [-0.3, -0.25) is 0 Å². The fraction of sp³-hybridized carbons (Fsp3) is 0.379. The fourth-order valence-electron chi connectivity index (χ4n) is 5.02. The molecular weight excluding hydrogens is 410 g/mol. The lowest BCUT2D eigenvalue weighted by molar-refractivity contribution is 0.249. The molecule has 0 radical (unpaired) electrons. The number of hydrogen-bond acceptors (Lipinski definition) is 4. The van der Waals surface area contributed by atoms with Crippen molar-refractivity contribution in [3.8, 4) is 11.5 Å². The van der Waals surface area contributed by atoms with Gasteiger partial charge in [-0.2, -0.15) is 0 Å². The maximum atomic E-state index is 7.00. The van der Waals surface area contributed by atoms with Crippen LogP contribution < -0.4 is 9.47 Å². The van der Waals surface area contributed by atoms with Gasteiger partial charge in [-0.15, -0.1) is 0 Å². The van der Waals surface area contributed by atoms with Gasteiger partial charge < -0.3 is 19.5 Å². The molecule has 0 aromatic heterocycles. The highest BCUT2D eigenvalue weighted by molar-refractivity contribution is 5.48. The minimum atomic E-state index is 0.275. The SMILES string of the molecule is CO.c1ccc(C2COc3ccccc3C2c2ccc(OCCCN3CCCC3)cc2)cc1. The molecule has 3 aromatic rings.